The Labute approximate surface area is 144 Å². The van der Waals surface area contributed by atoms with Crippen molar-refractivity contribution in [2.45, 2.75) is 38.6 Å². The Bertz CT molecular complexity index is 667. The summed E-state index contributed by atoms with van der Waals surface area (Å²) in [7, 11) is -3.13. The minimum atomic E-state index is -3.13. The molecular weight excluding hydrogens is 324 g/mol. The van der Waals surface area contributed by atoms with E-state index in [0.29, 0.717) is 25.9 Å². The van der Waals surface area contributed by atoms with Gasteiger partial charge in [0.1, 0.15) is 0 Å². The highest BCUT2D eigenvalue weighted by Crippen LogP contribution is 2.34. The molecule has 1 aromatic carbocycles. The van der Waals surface area contributed by atoms with E-state index in [1.54, 1.807) is 6.92 Å². The second kappa shape index (κ2) is 7.23. The van der Waals surface area contributed by atoms with Crippen LogP contribution < -0.4 is 0 Å². The van der Waals surface area contributed by atoms with E-state index in [0.717, 1.165) is 19.4 Å². The first-order chi connectivity index (χ1) is 11.5. The summed E-state index contributed by atoms with van der Waals surface area (Å²) in [5, 5.41) is 0. The Morgan fingerprint density at radius 3 is 2.38 bits per heavy atom. The molecule has 2 aliphatic rings. The molecule has 6 heteroatoms. The van der Waals surface area contributed by atoms with Crippen molar-refractivity contribution in [2.24, 2.45) is 5.92 Å². The molecule has 2 aliphatic heterocycles. The number of amides is 1. The highest BCUT2D eigenvalue weighted by Gasteiger charge is 2.36. The molecule has 5 nitrogen and oxygen atoms in total. The van der Waals surface area contributed by atoms with Crippen molar-refractivity contribution < 1.29 is 13.2 Å². The van der Waals surface area contributed by atoms with Crippen LogP contribution in [0.15, 0.2) is 30.3 Å². The molecule has 2 fully saturated rings. The average Bonchev–Trinajstić information content (AvgIpc) is 3.11. The van der Waals surface area contributed by atoms with Gasteiger partial charge in [0.15, 0.2) is 0 Å². The first-order valence-corrected chi connectivity index (χ1v) is 10.5. The van der Waals surface area contributed by atoms with Crippen molar-refractivity contribution in [3.63, 3.8) is 0 Å². The van der Waals surface area contributed by atoms with Crippen LogP contribution in [0.3, 0.4) is 0 Å². The fourth-order valence-corrected chi connectivity index (χ4v) is 4.98. The van der Waals surface area contributed by atoms with Crippen LogP contribution in [-0.2, 0) is 14.8 Å². The number of hydrogen-bond donors (Lipinski definition) is 0. The van der Waals surface area contributed by atoms with Gasteiger partial charge in [0.2, 0.25) is 15.9 Å². The highest BCUT2D eigenvalue weighted by atomic mass is 32.2. The molecule has 0 saturated carbocycles. The molecule has 0 radical (unpaired) electrons. The summed E-state index contributed by atoms with van der Waals surface area (Å²) < 4.78 is 25.4. The second-order valence-corrected chi connectivity index (χ2v) is 8.93. The van der Waals surface area contributed by atoms with Crippen LogP contribution in [0, 0.1) is 5.92 Å². The summed E-state index contributed by atoms with van der Waals surface area (Å²) in [6, 6.07) is 10.4. The Balaban J connectivity index is 1.65. The predicted molar refractivity (Wildman–Crippen MR) is 93.9 cm³/mol. The highest BCUT2D eigenvalue weighted by molar-refractivity contribution is 7.89. The normalized spacial score (nSPS) is 23.5. The maximum absolute atomic E-state index is 13.0. The van der Waals surface area contributed by atoms with Gasteiger partial charge < -0.3 is 4.90 Å². The zero-order chi connectivity index (χ0) is 17.2. The monoisotopic (exact) mass is 350 g/mol. The van der Waals surface area contributed by atoms with Crippen molar-refractivity contribution in [2.75, 3.05) is 25.4 Å². The maximum Gasteiger partial charge on any atom is 0.226 e. The predicted octanol–water partition coefficient (Wildman–Crippen LogP) is 2.41. The van der Waals surface area contributed by atoms with Crippen molar-refractivity contribution >= 4 is 15.9 Å². The molecule has 0 aliphatic carbocycles. The van der Waals surface area contributed by atoms with Gasteiger partial charge in [0.25, 0.3) is 0 Å². The van der Waals surface area contributed by atoms with Gasteiger partial charge >= 0.3 is 0 Å². The Morgan fingerprint density at radius 2 is 1.75 bits per heavy atom. The SMILES string of the molecule is CCS(=O)(=O)N1CCC(C(=O)N2CCCC2c2ccccc2)CC1. The molecule has 0 spiro atoms. The number of rotatable bonds is 4. The lowest BCUT2D eigenvalue weighted by Gasteiger charge is -2.34. The van der Waals surface area contributed by atoms with Gasteiger partial charge in [-0.15, -0.1) is 0 Å². The van der Waals surface area contributed by atoms with Crippen LogP contribution in [0.5, 0.6) is 0 Å². The van der Waals surface area contributed by atoms with Crippen molar-refractivity contribution in [3.8, 4) is 0 Å². The summed E-state index contributed by atoms with van der Waals surface area (Å²) in [6.45, 7) is 3.42. The quantitative estimate of drug-likeness (QED) is 0.838. The topological polar surface area (TPSA) is 57.7 Å². The van der Waals surface area contributed by atoms with Crippen molar-refractivity contribution in [3.05, 3.63) is 35.9 Å². The van der Waals surface area contributed by atoms with Crippen LogP contribution in [0.2, 0.25) is 0 Å². The van der Waals surface area contributed by atoms with E-state index < -0.39 is 10.0 Å². The molecule has 1 unspecified atom stereocenters. The van der Waals surface area contributed by atoms with Gasteiger partial charge in [0, 0.05) is 25.6 Å². The molecular formula is C18H26N2O3S. The van der Waals surface area contributed by atoms with E-state index in [9.17, 15) is 13.2 Å². The molecule has 1 aromatic rings. The van der Waals surface area contributed by atoms with Gasteiger partial charge in [-0.05, 0) is 38.2 Å². The van der Waals surface area contributed by atoms with E-state index in [1.165, 1.54) is 9.87 Å². The maximum atomic E-state index is 13.0. The first kappa shape index (κ1) is 17.4. The molecule has 1 atom stereocenters. The van der Waals surface area contributed by atoms with Crippen LogP contribution in [0.25, 0.3) is 0 Å². The lowest BCUT2D eigenvalue weighted by Crippen LogP contribution is -2.44. The first-order valence-electron chi connectivity index (χ1n) is 8.86. The fourth-order valence-electron chi connectivity index (χ4n) is 3.85. The summed E-state index contributed by atoms with van der Waals surface area (Å²) in [5.74, 6) is 0.292. The number of benzene rings is 1. The third-order valence-electron chi connectivity index (χ3n) is 5.28. The van der Waals surface area contributed by atoms with Crippen LogP contribution in [0.1, 0.15) is 44.2 Å². The molecule has 0 bridgehead atoms. The molecule has 0 N–H and O–H groups in total. The molecule has 1 amide bonds. The van der Waals surface area contributed by atoms with Crippen LogP contribution in [0.4, 0.5) is 0 Å². The second-order valence-electron chi connectivity index (χ2n) is 6.67. The van der Waals surface area contributed by atoms with E-state index >= 15 is 0 Å². The van der Waals surface area contributed by atoms with Gasteiger partial charge in [0.05, 0.1) is 11.8 Å². The number of carbonyl (C=O) groups is 1. The Hall–Kier alpha value is -1.40. The number of carbonyl (C=O) groups excluding carboxylic acids is 1. The van der Waals surface area contributed by atoms with Crippen LogP contribution >= 0.6 is 0 Å². The summed E-state index contributed by atoms with van der Waals surface area (Å²) >= 11 is 0. The minimum absolute atomic E-state index is 0.0439. The Kier molecular flexibility index (Phi) is 5.25. The standard InChI is InChI=1S/C18H26N2O3S/c1-2-24(22,23)19-13-10-16(11-14-19)18(21)20-12-6-9-17(20)15-7-4-3-5-8-15/h3-5,7-8,16-17H,2,6,9-14H2,1H3. The molecule has 132 valence electrons. The van der Waals surface area contributed by atoms with Gasteiger partial charge in [-0.25, -0.2) is 12.7 Å². The molecule has 2 saturated heterocycles. The van der Waals surface area contributed by atoms with E-state index in [4.69, 9.17) is 0 Å². The fraction of sp³-hybridized carbons (Fsp3) is 0.611. The van der Waals surface area contributed by atoms with Gasteiger partial charge in [-0.2, -0.15) is 0 Å². The Morgan fingerprint density at radius 1 is 1.08 bits per heavy atom. The van der Waals surface area contributed by atoms with Crippen molar-refractivity contribution in [1.82, 2.24) is 9.21 Å². The number of sulfonamides is 1. The molecule has 2 heterocycles. The van der Waals surface area contributed by atoms with Gasteiger partial charge in [-0.1, -0.05) is 30.3 Å². The molecule has 24 heavy (non-hydrogen) atoms. The van der Waals surface area contributed by atoms with E-state index in [1.807, 2.05) is 23.1 Å². The third kappa shape index (κ3) is 3.49. The lowest BCUT2D eigenvalue weighted by molar-refractivity contribution is -0.137. The summed E-state index contributed by atoms with van der Waals surface area (Å²) in [5.41, 5.74) is 1.20. The number of likely N-dealkylation sites (tertiary alicyclic amines) is 1. The number of hydrogen-bond acceptors (Lipinski definition) is 3. The average molecular weight is 350 g/mol. The summed E-state index contributed by atoms with van der Waals surface area (Å²) in [4.78, 5) is 15.0. The largest absolute Gasteiger partial charge is 0.335 e. The zero-order valence-corrected chi connectivity index (χ0v) is 15.0. The number of nitrogens with zero attached hydrogens (tertiary/aromatic N) is 2. The van der Waals surface area contributed by atoms with E-state index in [2.05, 4.69) is 12.1 Å². The zero-order valence-electron chi connectivity index (χ0n) is 14.2. The van der Waals surface area contributed by atoms with E-state index in [-0.39, 0.29) is 23.6 Å². The van der Waals surface area contributed by atoms with Crippen molar-refractivity contribution in [1.29, 1.82) is 0 Å². The minimum Gasteiger partial charge on any atom is -0.335 e. The van der Waals surface area contributed by atoms with Gasteiger partial charge in [-0.3, -0.25) is 4.79 Å². The molecule has 0 aromatic heterocycles. The van der Waals surface area contributed by atoms with Crippen LogP contribution in [-0.4, -0.2) is 48.9 Å². The molecule has 3 rings (SSSR count). The smallest absolute Gasteiger partial charge is 0.226 e. The third-order valence-corrected chi connectivity index (χ3v) is 7.16. The lowest BCUT2D eigenvalue weighted by atomic mass is 9.95. The summed E-state index contributed by atoms with van der Waals surface area (Å²) in [6.07, 6.45) is 3.32. The number of piperidine rings is 1.